The van der Waals surface area contributed by atoms with Crippen LogP contribution in [0.15, 0.2) is 29.4 Å². The molecule has 7 heteroatoms. The minimum absolute atomic E-state index is 0.0187. The summed E-state index contributed by atoms with van der Waals surface area (Å²) in [6.45, 7) is 3.50. The zero-order valence-corrected chi connectivity index (χ0v) is 12.8. The number of phenolic OH excluding ortho intramolecular Hbond substituents is 1. The molecule has 1 aromatic rings. The lowest BCUT2D eigenvalue weighted by Gasteiger charge is -2.27. The molecule has 6 nitrogen and oxygen atoms in total. The Hall–Kier alpha value is -2.05. The van der Waals surface area contributed by atoms with Crippen LogP contribution in [0.3, 0.4) is 0 Å². The topological polar surface area (TPSA) is 76.1 Å². The maximum atomic E-state index is 12.2. The zero-order chi connectivity index (χ0) is 16.1. The fraction of sp³-hybridized carbons (Fsp3) is 0.333. The highest BCUT2D eigenvalue weighted by Crippen LogP contribution is 2.30. The van der Waals surface area contributed by atoms with Crippen molar-refractivity contribution in [3.05, 3.63) is 35.0 Å². The summed E-state index contributed by atoms with van der Waals surface area (Å²) in [7, 11) is 0. The van der Waals surface area contributed by atoms with Gasteiger partial charge in [-0.2, -0.15) is 0 Å². The summed E-state index contributed by atoms with van der Waals surface area (Å²) in [5.74, 6) is -1.50. The number of rotatable bonds is 4. The van der Waals surface area contributed by atoms with E-state index >= 15 is 0 Å². The molecule has 0 saturated carbocycles. The van der Waals surface area contributed by atoms with Crippen LogP contribution in [0.4, 0.5) is 0 Å². The highest BCUT2D eigenvalue weighted by molar-refractivity contribution is 6.31. The van der Waals surface area contributed by atoms with Gasteiger partial charge < -0.3 is 19.5 Å². The van der Waals surface area contributed by atoms with E-state index in [0.29, 0.717) is 26.3 Å². The fourth-order valence-corrected chi connectivity index (χ4v) is 2.28. The third-order valence-corrected chi connectivity index (χ3v) is 3.43. The molecule has 0 radical (unpaired) electrons. The van der Waals surface area contributed by atoms with Gasteiger partial charge in [-0.15, -0.1) is 0 Å². The number of ether oxygens (including phenoxy) is 2. The predicted octanol–water partition coefficient (Wildman–Crippen LogP) is 1.91. The maximum absolute atomic E-state index is 12.2. The predicted molar refractivity (Wildman–Crippen MR) is 80.1 cm³/mol. The largest absolute Gasteiger partial charge is 0.504 e. The van der Waals surface area contributed by atoms with Crippen LogP contribution in [-0.4, -0.2) is 48.1 Å². The lowest BCUT2D eigenvalue weighted by Crippen LogP contribution is -2.34. The molecule has 2 rings (SSSR count). The van der Waals surface area contributed by atoms with E-state index in [2.05, 4.69) is 0 Å². The molecule has 1 heterocycles. The van der Waals surface area contributed by atoms with Crippen molar-refractivity contribution < 1.29 is 24.2 Å². The Labute approximate surface area is 132 Å². The average Bonchev–Trinajstić information content (AvgIpc) is 2.49. The molecule has 1 fully saturated rings. The van der Waals surface area contributed by atoms with E-state index in [1.165, 1.54) is 31.2 Å². The molecule has 1 aromatic carbocycles. The second kappa shape index (κ2) is 7.29. The van der Waals surface area contributed by atoms with Gasteiger partial charge in [0.2, 0.25) is 0 Å². The molecule has 0 unspecified atom stereocenters. The Kier molecular flexibility index (Phi) is 5.41. The van der Waals surface area contributed by atoms with E-state index < -0.39 is 11.8 Å². The van der Waals surface area contributed by atoms with Crippen molar-refractivity contribution in [2.75, 3.05) is 26.3 Å². The van der Waals surface area contributed by atoms with E-state index in [0.717, 1.165) is 0 Å². The standard InChI is InChI=1S/C15H16ClNO5/c1-10(18)22-13-4-2-3-11(15(13)20)12(19)9-14(16)17-5-7-21-8-6-17/h2-4,9,20H,5-8H2,1H3/b14-9+. The number of carbonyl (C=O) groups is 2. The summed E-state index contributed by atoms with van der Waals surface area (Å²) in [6, 6.07) is 4.35. The Balaban J connectivity index is 2.20. The minimum Gasteiger partial charge on any atom is -0.504 e. The zero-order valence-electron chi connectivity index (χ0n) is 12.0. The summed E-state index contributed by atoms with van der Waals surface area (Å²) in [4.78, 5) is 25.0. The van der Waals surface area contributed by atoms with Crippen LogP contribution in [0.25, 0.3) is 0 Å². The van der Waals surface area contributed by atoms with Gasteiger partial charge in [0.05, 0.1) is 18.8 Å². The molecule has 1 saturated heterocycles. The number of phenols is 1. The summed E-state index contributed by atoms with van der Waals surface area (Å²) < 4.78 is 10.0. The first-order valence-corrected chi connectivity index (χ1v) is 7.11. The van der Waals surface area contributed by atoms with Crippen molar-refractivity contribution in [2.45, 2.75) is 6.92 Å². The summed E-state index contributed by atoms with van der Waals surface area (Å²) >= 11 is 6.12. The van der Waals surface area contributed by atoms with Crippen molar-refractivity contribution in [1.82, 2.24) is 4.90 Å². The van der Waals surface area contributed by atoms with E-state index in [1.54, 1.807) is 0 Å². The van der Waals surface area contributed by atoms with Crippen LogP contribution in [0.2, 0.25) is 0 Å². The van der Waals surface area contributed by atoms with Gasteiger partial charge in [0, 0.05) is 26.1 Å². The monoisotopic (exact) mass is 325 g/mol. The molecule has 0 aromatic heterocycles. The van der Waals surface area contributed by atoms with E-state index in [9.17, 15) is 14.7 Å². The molecule has 1 aliphatic rings. The second-order valence-electron chi connectivity index (χ2n) is 4.68. The van der Waals surface area contributed by atoms with Crippen LogP contribution in [-0.2, 0) is 9.53 Å². The lowest BCUT2D eigenvalue weighted by atomic mass is 10.1. The maximum Gasteiger partial charge on any atom is 0.308 e. The average molecular weight is 326 g/mol. The molecule has 0 amide bonds. The van der Waals surface area contributed by atoms with Crippen LogP contribution in [0.5, 0.6) is 11.5 Å². The summed E-state index contributed by atoms with van der Waals surface area (Å²) in [5.41, 5.74) is 0.0187. The number of aromatic hydroxyl groups is 1. The number of halogens is 1. The summed E-state index contributed by atoms with van der Waals surface area (Å²) in [5, 5.41) is 10.3. The van der Waals surface area contributed by atoms with Gasteiger partial charge in [-0.05, 0) is 12.1 Å². The molecule has 22 heavy (non-hydrogen) atoms. The van der Waals surface area contributed by atoms with Crippen molar-refractivity contribution in [3.8, 4) is 11.5 Å². The molecule has 0 bridgehead atoms. The van der Waals surface area contributed by atoms with Gasteiger partial charge in [0.1, 0.15) is 5.16 Å². The first-order valence-electron chi connectivity index (χ1n) is 6.73. The van der Waals surface area contributed by atoms with Gasteiger partial charge in [0.15, 0.2) is 17.3 Å². The third kappa shape index (κ3) is 3.99. The highest BCUT2D eigenvalue weighted by Gasteiger charge is 2.18. The number of esters is 1. The number of benzene rings is 1. The van der Waals surface area contributed by atoms with Gasteiger partial charge in [0.25, 0.3) is 0 Å². The van der Waals surface area contributed by atoms with Gasteiger partial charge in [-0.1, -0.05) is 17.7 Å². The summed E-state index contributed by atoms with van der Waals surface area (Å²) in [6.07, 6.45) is 1.24. The van der Waals surface area contributed by atoms with E-state index in [1.807, 2.05) is 4.90 Å². The quantitative estimate of drug-likeness (QED) is 0.300. The number of nitrogens with zero attached hydrogens (tertiary/aromatic N) is 1. The number of hydrogen-bond donors (Lipinski definition) is 1. The number of morpholine rings is 1. The van der Waals surface area contributed by atoms with Crippen LogP contribution in [0, 0.1) is 0 Å². The van der Waals surface area contributed by atoms with Crippen LogP contribution >= 0.6 is 11.6 Å². The Bertz CT molecular complexity index is 608. The number of carbonyl (C=O) groups excluding carboxylic acids is 2. The lowest BCUT2D eigenvalue weighted by molar-refractivity contribution is -0.132. The van der Waals surface area contributed by atoms with Crippen molar-refractivity contribution in [2.24, 2.45) is 0 Å². The molecular weight excluding hydrogens is 310 g/mol. The Morgan fingerprint density at radius 2 is 2.05 bits per heavy atom. The van der Waals surface area contributed by atoms with Crippen molar-refractivity contribution >= 4 is 23.4 Å². The number of para-hydroxylation sites is 1. The van der Waals surface area contributed by atoms with Crippen LogP contribution in [0.1, 0.15) is 17.3 Å². The number of hydrogen-bond acceptors (Lipinski definition) is 6. The molecule has 0 spiro atoms. The smallest absolute Gasteiger partial charge is 0.308 e. The normalized spacial score (nSPS) is 15.5. The molecule has 1 aliphatic heterocycles. The van der Waals surface area contributed by atoms with Gasteiger partial charge >= 0.3 is 5.97 Å². The van der Waals surface area contributed by atoms with Gasteiger partial charge in [-0.25, -0.2) is 0 Å². The molecular formula is C15H16ClNO5. The third-order valence-electron chi connectivity index (χ3n) is 3.08. The first-order chi connectivity index (χ1) is 10.5. The SMILES string of the molecule is CC(=O)Oc1cccc(C(=O)/C=C(\Cl)N2CCOCC2)c1O. The molecule has 0 atom stereocenters. The second-order valence-corrected chi connectivity index (χ2v) is 5.06. The molecule has 118 valence electrons. The van der Waals surface area contributed by atoms with Crippen molar-refractivity contribution in [3.63, 3.8) is 0 Å². The van der Waals surface area contributed by atoms with E-state index in [-0.39, 0.29) is 22.2 Å². The van der Waals surface area contributed by atoms with Crippen LogP contribution < -0.4 is 4.74 Å². The molecule has 1 N–H and O–H groups in total. The Morgan fingerprint density at radius 3 is 2.68 bits per heavy atom. The number of allylic oxidation sites excluding steroid dienone is 1. The fourth-order valence-electron chi connectivity index (χ4n) is 2.01. The molecule has 0 aliphatic carbocycles. The first kappa shape index (κ1) is 16.3. The van der Waals surface area contributed by atoms with E-state index in [4.69, 9.17) is 21.1 Å². The van der Waals surface area contributed by atoms with Gasteiger partial charge in [-0.3, -0.25) is 9.59 Å². The minimum atomic E-state index is -0.582. The highest BCUT2D eigenvalue weighted by atomic mass is 35.5. The Morgan fingerprint density at radius 1 is 1.36 bits per heavy atom. The number of ketones is 1. The van der Waals surface area contributed by atoms with Crippen molar-refractivity contribution in [1.29, 1.82) is 0 Å².